The molecule has 0 bridgehead atoms. The zero-order valence-corrected chi connectivity index (χ0v) is 7.70. The van der Waals surface area contributed by atoms with Gasteiger partial charge >= 0.3 is 0 Å². The third-order valence-electron chi connectivity index (χ3n) is 3.03. The van der Waals surface area contributed by atoms with Crippen molar-refractivity contribution < 1.29 is 4.74 Å². The first kappa shape index (κ1) is 8.48. The molecule has 2 rings (SSSR count). The second kappa shape index (κ2) is 3.32. The summed E-state index contributed by atoms with van der Waals surface area (Å²) in [6.07, 6.45) is 2.89. The van der Waals surface area contributed by atoms with Gasteiger partial charge in [-0.1, -0.05) is 0 Å². The van der Waals surface area contributed by atoms with Gasteiger partial charge in [0.25, 0.3) is 0 Å². The molecule has 1 aliphatic heterocycles. The molecule has 3 atom stereocenters. The van der Waals surface area contributed by atoms with E-state index in [-0.39, 0.29) is 0 Å². The second-order valence-corrected chi connectivity index (χ2v) is 3.98. The van der Waals surface area contributed by atoms with Crippen LogP contribution in [0.5, 0.6) is 0 Å². The van der Waals surface area contributed by atoms with Crippen LogP contribution in [-0.2, 0) is 4.74 Å². The van der Waals surface area contributed by atoms with Crippen molar-refractivity contribution in [2.24, 2.45) is 5.73 Å². The predicted molar refractivity (Wildman–Crippen MR) is 48.0 cm³/mol. The summed E-state index contributed by atoms with van der Waals surface area (Å²) in [7, 11) is 0. The number of nitrogens with zero attached hydrogens (tertiary/aromatic N) is 1. The maximum absolute atomic E-state index is 5.92. The first-order chi connectivity index (χ1) is 5.77. The van der Waals surface area contributed by atoms with Crippen LogP contribution in [0.15, 0.2) is 0 Å². The van der Waals surface area contributed by atoms with Gasteiger partial charge in [-0.2, -0.15) is 0 Å². The molecule has 2 fully saturated rings. The molecule has 0 spiro atoms. The molecule has 3 heteroatoms. The van der Waals surface area contributed by atoms with Gasteiger partial charge in [0.05, 0.1) is 12.7 Å². The maximum atomic E-state index is 5.92. The van der Waals surface area contributed by atoms with Gasteiger partial charge in [-0.15, -0.1) is 0 Å². The molecule has 0 aromatic rings. The van der Waals surface area contributed by atoms with Crippen LogP contribution in [0.3, 0.4) is 0 Å². The largest absolute Gasteiger partial charge is 0.376 e. The summed E-state index contributed by atoms with van der Waals surface area (Å²) in [5.74, 6) is 0. The van der Waals surface area contributed by atoms with Gasteiger partial charge in [-0.05, 0) is 19.8 Å². The number of ether oxygens (including phenoxy) is 1. The van der Waals surface area contributed by atoms with E-state index in [4.69, 9.17) is 10.5 Å². The minimum Gasteiger partial charge on any atom is -0.376 e. The Labute approximate surface area is 73.9 Å². The average molecular weight is 170 g/mol. The van der Waals surface area contributed by atoms with E-state index in [0.29, 0.717) is 18.2 Å². The Morgan fingerprint density at radius 1 is 1.42 bits per heavy atom. The zero-order valence-electron chi connectivity index (χ0n) is 7.70. The van der Waals surface area contributed by atoms with Crippen LogP contribution < -0.4 is 5.73 Å². The number of hydrogen-bond acceptors (Lipinski definition) is 3. The van der Waals surface area contributed by atoms with E-state index < -0.39 is 0 Å². The van der Waals surface area contributed by atoms with Crippen LogP contribution in [0.4, 0.5) is 0 Å². The predicted octanol–water partition coefficient (Wildman–Crippen LogP) is 0.197. The van der Waals surface area contributed by atoms with Crippen molar-refractivity contribution in [2.75, 3.05) is 19.7 Å². The van der Waals surface area contributed by atoms with Gasteiger partial charge in [0.15, 0.2) is 0 Å². The lowest BCUT2D eigenvalue weighted by Crippen LogP contribution is -2.58. The number of nitrogens with two attached hydrogens (primary N) is 1. The standard InChI is InChI=1S/C9H18N2O/c1-7-6-11(4-5-12-7)9-3-2-8(9)10/h7-9H,2-6,10H2,1H3/t7-,8-,9-/m1/s1. The monoisotopic (exact) mass is 170 g/mol. The summed E-state index contributed by atoms with van der Waals surface area (Å²) in [6.45, 7) is 5.15. The van der Waals surface area contributed by atoms with Crippen molar-refractivity contribution in [1.29, 1.82) is 0 Å². The summed E-state index contributed by atoms with van der Waals surface area (Å²) < 4.78 is 5.48. The summed E-state index contributed by atoms with van der Waals surface area (Å²) in [5, 5.41) is 0. The van der Waals surface area contributed by atoms with Crippen molar-refractivity contribution in [1.82, 2.24) is 4.90 Å². The van der Waals surface area contributed by atoms with Gasteiger partial charge in [-0.25, -0.2) is 0 Å². The summed E-state index contributed by atoms with van der Waals surface area (Å²) in [6, 6.07) is 1.08. The lowest BCUT2D eigenvalue weighted by atomic mass is 9.85. The molecule has 0 amide bonds. The van der Waals surface area contributed by atoms with Crippen LogP contribution in [0.1, 0.15) is 19.8 Å². The highest BCUT2D eigenvalue weighted by Crippen LogP contribution is 2.25. The van der Waals surface area contributed by atoms with Gasteiger partial charge in [-0.3, -0.25) is 4.90 Å². The molecule has 1 aliphatic carbocycles. The number of rotatable bonds is 1. The lowest BCUT2D eigenvalue weighted by Gasteiger charge is -2.45. The summed E-state index contributed by atoms with van der Waals surface area (Å²) >= 11 is 0. The van der Waals surface area contributed by atoms with Gasteiger partial charge in [0, 0.05) is 25.2 Å². The molecule has 1 saturated carbocycles. The third-order valence-corrected chi connectivity index (χ3v) is 3.03. The van der Waals surface area contributed by atoms with E-state index in [9.17, 15) is 0 Å². The summed E-state index contributed by atoms with van der Waals surface area (Å²) in [5.41, 5.74) is 5.92. The molecule has 2 N–H and O–H groups in total. The minimum absolute atomic E-state index is 0.395. The maximum Gasteiger partial charge on any atom is 0.0674 e. The molecule has 0 aromatic heterocycles. The van der Waals surface area contributed by atoms with Crippen LogP contribution in [0.2, 0.25) is 0 Å². The van der Waals surface area contributed by atoms with Crippen molar-refractivity contribution in [3.05, 3.63) is 0 Å². The first-order valence-corrected chi connectivity index (χ1v) is 4.88. The number of morpholine rings is 1. The fraction of sp³-hybridized carbons (Fsp3) is 1.00. The fourth-order valence-electron chi connectivity index (χ4n) is 2.11. The molecule has 0 aromatic carbocycles. The molecule has 0 radical (unpaired) electrons. The molecule has 1 heterocycles. The van der Waals surface area contributed by atoms with E-state index in [1.807, 2.05) is 0 Å². The fourth-order valence-corrected chi connectivity index (χ4v) is 2.11. The van der Waals surface area contributed by atoms with Gasteiger partial charge < -0.3 is 10.5 Å². The van der Waals surface area contributed by atoms with Crippen molar-refractivity contribution in [2.45, 2.75) is 38.0 Å². The molecule has 70 valence electrons. The Hall–Kier alpha value is -0.120. The van der Waals surface area contributed by atoms with E-state index in [2.05, 4.69) is 11.8 Å². The Kier molecular flexibility index (Phi) is 2.35. The lowest BCUT2D eigenvalue weighted by molar-refractivity contribution is -0.0512. The number of hydrogen-bond donors (Lipinski definition) is 1. The van der Waals surface area contributed by atoms with E-state index in [0.717, 1.165) is 19.7 Å². The molecule has 1 saturated heterocycles. The van der Waals surface area contributed by atoms with Crippen molar-refractivity contribution in [3.8, 4) is 0 Å². The van der Waals surface area contributed by atoms with Crippen LogP contribution >= 0.6 is 0 Å². The molecule has 2 aliphatic rings. The SMILES string of the molecule is C[C@@H]1CN([C@@H]2CC[C@H]2N)CCO1. The average Bonchev–Trinajstić information content (AvgIpc) is 2.02. The second-order valence-electron chi connectivity index (χ2n) is 3.98. The Morgan fingerprint density at radius 2 is 2.25 bits per heavy atom. The third kappa shape index (κ3) is 1.49. The van der Waals surface area contributed by atoms with E-state index in [1.54, 1.807) is 0 Å². The topological polar surface area (TPSA) is 38.5 Å². The van der Waals surface area contributed by atoms with E-state index in [1.165, 1.54) is 12.8 Å². The highest BCUT2D eigenvalue weighted by Gasteiger charge is 2.34. The Morgan fingerprint density at radius 3 is 2.75 bits per heavy atom. The Bertz CT molecular complexity index is 163. The highest BCUT2D eigenvalue weighted by molar-refractivity contribution is 4.93. The molecular weight excluding hydrogens is 152 g/mol. The van der Waals surface area contributed by atoms with Crippen molar-refractivity contribution in [3.63, 3.8) is 0 Å². The smallest absolute Gasteiger partial charge is 0.0674 e. The molecule has 0 unspecified atom stereocenters. The van der Waals surface area contributed by atoms with Crippen molar-refractivity contribution >= 4 is 0 Å². The van der Waals surface area contributed by atoms with Crippen LogP contribution in [0, 0.1) is 0 Å². The van der Waals surface area contributed by atoms with Crippen LogP contribution in [-0.4, -0.2) is 42.8 Å². The quantitative estimate of drug-likeness (QED) is 0.611. The highest BCUT2D eigenvalue weighted by atomic mass is 16.5. The molecule has 12 heavy (non-hydrogen) atoms. The minimum atomic E-state index is 0.395. The zero-order chi connectivity index (χ0) is 8.55. The molecule has 3 nitrogen and oxygen atoms in total. The Balaban J connectivity index is 1.86. The first-order valence-electron chi connectivity index (χ1n) is 4.88. The van der Waals surface area contributed by atoms with Gasteiger partial charge in [0.2, 0.25) is 0 Å². The molecular formula is C9H18N2O. The van der Waals surface area contributed by atoms with Crippen LogP contribution in [0.25, 0.3) is 0 Å². The van der Waals surface area contributed by atoms with Gasteiger partial charge in [0.1, 0.15) is 0 Å². The summed E-state index contributed by atoms with van der Waals surface area (Å²) in [4.78, 5) is 2.49. The van der Waals surface area contributed by atoms with E-state index >= 15 is 0 Å². The normalized spacial score (nSPS) is 44.0.